The number of aromatic nitrogens is 4. The Morgan fingerprint density at radius 2 is 1.83 bits per heavy atom. The van der Waals surface area contributed by atoms with Crippen molar-refractivity contribution < 1.29 is 9.26 Å². The summed E-state index contributed by atoms with van der Waals surface area (Å²) in [7, 11) is 0. The van der Waals surface area contributed by atoms with Gasteiger partial charge in [0.1, 0.15) is 4.88 Å². The Labute approximate surface area is 144 Å². The van der Waals surface area contributed by atoms with Crippen LogP contribution in [0.5, 0.6) is 0 Å². The third-order valence-corrected chi connectivity index (χ3v) is 5.47. The fourth-order valence-corrected chi connectivity index (χ4v) is 3.75. The topological polar surface area (TPSA) is 73.9 Å². The number of hydrogen-bond donors (Lipinski definition) is 0. The van der Waals surface area contributed by atoms with Gasteiger partial charge in [-0.1, -0.05) is 39.5 Å². The zero-order valence-electron chi connectivity index (χ0n) is 13.7. The van der Waals surface area contributed by atoms with Crippen LogP contribution in [0.3, 0.4) is 0 Å². The van der Waals surface area contributed by atoms with Crippen LogP contribution in [0.2, 0.25) is 0 Å². The van der Waals surface area contributed by atoms with Gasteiger partial charge in [-0.3, -0.25) is 0 Å². The molecule has 1 aliphatic rings. The van der Waals surface area contributed by atoms with Crippen LogP contribution in [-0.4, -0.2) is 32.9 Å². The van der Waals surface area contributed by atoms with E-state index in [1.165, 1.54) is 22.7 Å². The van der Waals surface area contributed by atoms with E-state index in [-0.39, 0.29) is 5.41 Å². The van der Waals surface area contributed by atoms with Crippen LogP contribution >= 0.6 is 11.5 Å². The minimum absolute atomic E-state index is 0.264. The number of hydrogen-bond acceptors (Lipinski definition) is 7. The van der Waals surface area contributed by atoms with Crippen molar-refractivity contribution >= 4 is 11.5 Å². The van der Waals surface area contributed by atoms with Gasteiger partial charge in [0.2, 0.25) is 0 Å². The normalized spacial score (nSPS) is 17.1. The van der Waals surface area contributed by atoms with Gasteiger partial charge in [0.05, 0.1) is 11.1 Å². The van der Waals surface area contributed by atoms with Crippen LogP contribution in [0.4, 0.5) is 0 Å². The molecule has 3 heterocycles. The van der Waals surface area contributed by atoms with E-state index < -0.39 is 0 Å². The first-order chi connectivity index (χ1) is 11.7. The highest BCUT2D eigenvalue weighted by Crippen LogP contribution is 2.40. The average Bonchev–Trinajstić information content (AvgIpc) is 3.25. The molecular weight excluding hydrogens is 324 g/mol. The molecular formula is C17H18N4O2S. The smallest absolute Gasteiger partial charge is 0.271 e. The van der Waals surface area contributed by atoms with Gasteiger partial charge in [-0.15, -0.1) is 5.10 Å². The van der Waals surface area contributed by atoms with Crippen molar-refractivity contribution in [2.45, 2.75) is 32.1 Å². The Balaban J connectivity index is 1.79. The molecule has 0 spiro atoms. The zero-order valence-corrected chi connectivity index (χ0v) is 14.5. The highest BCUT2D eigenvalue weighted by molar-refractivity contribution is 7.09. The first-order valence-electron chi connectivity index (χ1n) is 7.97. The molecule has 1 aliphatic heterocycles. The second-order valence-electron chi connectivity index (χ2n) is 6.17. The first kappa shape index (κ1) is 15.4. The molecule has 6 nitrogen and oxygen atoms in total. The van der Waals surface area contributed by atoms with E-state index in [2.05, 4.69) is 45.9 Å². The van der Waals surface area contributed by atoms with Gasteiger partial charge in [-0.25, -0.2) is 0 Å². The van der Waals surface area contributed by atoms with Crippen LogP contribution < -0.4 is 0 Å². The zero-order chi connectivity index (χ0) is 16.6. The van der Waals surface area contributed by atoms with Crippen molar-refractivity contribution in [1.82, 2.24) is 19.7 Å². The van der Waals surface area contributed by atoms with E-state index in [1.807, 2.05) is 6.92 Å². The Hall–Kier alpha value is -2.12. The largest absolute Gasteiger partial charge is 0.381 e. The van der Waals surface area contributed by atoms with Crippen molar-refractivity contribution in [2.24, 2.45) is 0 Å². The Morgan fingerprint density at radius 1 is 1.08 bits per heavy atom. The average molecular weight is 342 g/mol. The van der Waals surface area contributed by atoms with E-state index in [0.29, 0.717) is 19.1 Å². The van der Waals surface area contributed by atoms with Crippen LogP contribution in [0.1, 0.15) is 35.5 Å². The van der Waals surface area contributed by atoms with E-state index >= 15 is 0 Å². The van der Waals surface area contributed by atoms with E-state index in [9.17, 15) is 0 Å². The first-order valence-corrected chi connectivity index (χ1v) is 8.75. The molecule has 2 aromatic heterocycles. The maximum Gasteiger partial charge on any atom is 0.271 e. The summed E-state index contributed by atoms with van der Waals surface area (Å²) in [6.07, 6.45) is 1.68. The van der Waals surface area contributed by atoms with E-state index in [0.717, 1.165) is 29.2 Å². The summed E-state index contributed by atoms with van der Waals surface area (Å²) in [5.74, 6) is 1.22. The minimum atomic E-state index is -0.264. The molecule has 0 saturated carbocycles. The lowest BCUT2D eigenvalue weighted by Crippen LogP contribution is -2.36. The van der Waals surface area contributed by atoms with Crippen LogP contribution in [0.25, 0.3) is 10.8 Å². The number of nitrogens with zero attached hydrogens (tertiary/aromatic N) is 4. The monoisotopic (exact) mass is 342 g/mol. The van der Waals surface area contributed by atoms with Gasteiger partial charge >= 0.3 is 0 Å². The third kappa shape index (κ3) is 2.53. The number of rotatable bonds is 3. The second kappa shape index (κ2) is 6.07. The van der Waals surface area contributed by atoms with E-state index in [1.54, 1.807) is 0 Å². The molecule has 0 radical (unpaired) electrons. The highest BCUT2D eigenvalue weighted by Gasteiger charge is 2.41. The van der Waals surface area contributed by atoms with Crippen molar-refractivity contribution in [1.29, 1.82) is 0 Å². The molecule has 124 valence electrons. The molecule has 0 unspecified atom stereocenters. The predicted molar refractivity (Wildman–Crippen MR) is 90.0 cm³/mol. The molecule has 3 aromatic rings. The second-order valence-corrected chi connectivity index (χ2v) is 6.93. The van der Waals surface area contributed by atoms with Crippen molar-refractivity contribution in [2.75, 3.05) is 13.2 Å². The van der Waals surface area contributed by atoms with Gasteiger partial charge < -0.3 is 9.26 Å². The fourth-order valence-electron chi connectivity index (χ4n) is 3.17. The van der Waals surface area contributed by atoms with Gasteiger partial charge in [-0.2, -0.15) is 4.98 Å². The maximum atomic E-state index is 5.59. The minimum Gasteiger partial charge on any atom is -0.381 e. The standard InChI is InChI=1S/C17H18N4O2S/c1-11-3-5-13(6-4-11)17(7-9-22-10-8-17)16-18-15(23-20-16)14-12(2)19-21-24-14/h3-6H,7-10H2,1-2H3. The maximum absolute atomic E-state index is 5.59. The number of aryl methyl sites for hydroxylation is 2. The van der Waals surface area contributed by atoms with Crippen molar-refractivity contribution in [3.63, 3.8) is 0 Å². The summed E-state index contributed by atoms with van der Waals surface area (Å²) in [6, 6.07) is 8.59. The third-order valence-electron chi connectivity index (χ3n) is 4.65. The Morgan fingerprint density at radius 3 is 2.50 bits per heavy atom. The van der Waals surface area contributed by atoms with Crippen LogP contribution in [0.15, 0.2) is 28.8 Å². The van der Waals surface area contributed by atoms with Gasteiger partial charge in [0.25, 0.3) is 5.89 Å². The number of benzene rings is 1. The molecule has 0 atom stereocenters. The van der Waals surface area contributed by atoms with Crippen LogP contribution in [-0.2, 0) is 10.2 Å². The lowest BCUT2D eigenvalue weighted by atomic mass is 9.73. The molecule has 0 bridgehead atoms. The molecule has 0 N–H and O–H groups in total. The summed E-state index contributed by atoms with van der Waals surface area (Å²) in [5, 5.41) is 8.34. The summed E-state index contributed by atoms with van der Waals surface area (Å²) in [5.41, 5.74) is 3.00. The molecule has 24 heavy (non-hydrogen) atoms. The molecule has 7 heteroatoms. The lowest BCUT2D eigenvalue weighted by molar-refractivity contribution is 0.0597. The molecule has 0 amide bonds. The summed E-state index contributed by atoms with van der Waals surface area (Å²) in [4.78, 5) is 5.54. The lowest BCUT2D eigenvalue weighted by Gasteiger charge is -2.34. The highest BCUT2D eigenvalue weighted by atomic mass is 32.1. The summed E-state index contributed by atoms with van der Waals surface area (Å²) >= 11 is 1.28. The number of ether oxygens (including phenoxy) is 1. The summed E-state index contributed by atoms with van der Waals surface area (Å²) in [6.45, 7) is 5.37. The van der Waals surface area contributed by atoms with Crippen LogP contribution in [0, 0.1) is 13.8 Å². The molecule has 1 fully saturated rings. The van der Waals surface area contributed by atoms with Gasteiger partial charge in [-0.05, 0) is 43.8 Å². The predicted octanol–water partition coefficient (Wildman–Crippen LogP) is 3.30. The SMILES string of the molecule is Cc1ccc(C2(c3noc(-c4snnc4C)n3)CCOCC2)cc1. The van der Waals surface area contributed by atoms with Gasteiger partial charge in [0.15, 0.2) is 5.82 Å². The Kier molecular flexibility index (Phi) is 3.90. The molecule has 0 aliphatic carbocycles. The fraction of sp³-hybridized carbons (Fsp3) is 0.412. The molecule has 1 aromatic carbocycles. The van der Waals surface area contributed by atoms with E-state index in [4.69, 9.17) is 14.2 Å². The quantitative estimate of drug-likeness (QED) is 0.727. The molecule has 1 saturated heterocycles. The van der Waals surface area contributed by atoms with Crippen molar-refractivity contribution in [3.05, 3.63) is 46.9 Å². The van der Waals surface area contributed by atoms with Crippen molar-refractivity contribution in [3.8, 4) is 10.8 Å². The Bertz CT molecular complexity index is 834. The molecule has 4 rings (SSSR count). The van der Waals surface area contributed by atoms with Gasteiger partial charge in [0, 0.05) is 13.2 Å². The summed E-state index contributed by atoms with van der Waals surface area (Å²) < 4.78 is 15.1.